The zero-order valence-corrected chi connectivity index (χ0v) is 16.1. The number of carboxylic acid groups (broad SMARTS) is 1. The van der Waals surface area contributed by atoms with Crippen LogP contribution in [0.15, 0.2) is 30.5 Å². The molecule has 1 aromatic heterocycles. The Labute approximate surface area is 162 Å². The van der Waals surface area contributed by atoms with Gasteiger partial charge >= 0.3 is 5.97 Å². The number of carboxylic acids is 1. The number of nitrogens with one attached hydrogen (secondary N) is 1. The van der Waals surface area contributed by atoms with E-state index >= 15 is 0 Å². The number of aromatic nitrogens is 2. The number of aliphatic carboxylic acids is 1. The van der Waals surface area contributed by atoms with Crippen molar-refractivity contribution in [3.05, 3.63) is 46.7 Å². The highest BCUT2D eigenvalue weighted by Crippen LogP contribution is 2.26. The van der Waals surface area contributed by atoms with Crippen molar-refractivity contribution in [3.63, 3.8) is 0 Å². The molecule has 2 aromatic rings. The molecular formula is C19H23ClN4O3. The number of aryl methyl sites for hydroxylation is 1. The van der Waals surface area contributed by atoms with E-state index in [1.54, 1.807) is 16.9 Å². The second-order valence-corrected chi connectivity index (χ2v) is 7.22. The van der Waals surface area contributed by atoms with Gasteiger partial charge in [-0.05, 0) is 38.4 Å². The molecule has 0 atom stereocenters. The van der Waals surface area contributed by atoms with Crippen molar-refractivity contribution >= 4 is 23.5 Å². The molecule has 1 fully saturated rings. The first kappa shape index (κ1) is 19.4. The second kappa shape index (κ2) is 8.10. The van der Waals surface area contributed by atoms with Gasteiger partial charge in [0.05, 0.1) is 17.3 Å². The summed E-state index contributed by atoms with van der Waals surface area (Å²) in [6.07, 6.45) is 3.28. The van der Waals surface area contributed by atoms with Gasteiger partial charge in [0.2, 0.25) is 0 Å². The Balaban J connectivity index is 1.62. The van der Waals surface area contributed by atoms with E-state index in [1.807, 2.05) is 36.9 Å². The highest BCUT2D eigenvalue weighted by molar-refractivity contribution is 6.32. The second-order valence-electron chi connectivity index (χ2n) is 6.81. The maximum atomic E-state index is 12.6. The normalized spacial score (nSPS) is 19.0. The summed E-state index contributed by atoms with van der Waals surface area (Å²) >= 11 is 6.20. The summed E-state index contributed by atoms with van der Waals surface area (Å²) in [5.41, 5.74) is 1.86. The molecule has 0 radical (unpaired) electrons. The third-order valence-corrected chi connectivity index (χ3v) is 5.24. The van der Waals surface area contributed by atoms with E-state index in [4.69, 9.17) is 16.7 Å². The van der Waals surface area contributed by atoms with Crippen LogP contribution >= 0.6 is 11.6 Å². The van der Waals surface area contributed by atoms with Crippen LogP contribution < -0.4 is 5.32 Å². The molecule has 2 N–H and O–H groups in total. The minimum Gasteiger partial charge on any atom is -0.480 e. The minimum atomic E-state index is -0.829. The van der Waals surface area contributed by atoms with Crippen LogP contribution in [0.5, 0.6) is 0 Å². The first-order chi connectivity index (χ1) is 12.9. The molecule has 1 heterocycles. The third-order valence-electron chi connectivity index (χ3n) is 4.92. The molecule has 1 saturated carbocycles. The van der Waals surface area contributed by atoms with Crippen LogP contribution in [0, 0.1) is 6.92 Å². The molecule has 3 rings (SSSR count). The largest absolute Gasteiger partial charge is 0.480 e. The predicted molar refractivity (Wildman–Crippen MR) is 102 cm³/mol. The van der Waals surface area contributed by atoms with Crippen LogP contribution in [0.3, 0.4) is 0 Å². The van der Waals surface area contributed by atoms with Gasteiger partial charge in [0.25, 0.3) is 5.91 Å². The molecule has 8 heteroatoms. The van der Waals surface area contributed by atoms with E-state index in [9.17, 15) is 9.59 Å². The molecule has 144 valence electrons. The smallest absolute Gasteiger partial charge is 0.317 e. The predicted octanol–water partition coefficient (Wildman–Crippen LogP) is 2.50. The number of benzene rings is 1. The lowest BCUT2D eigenvalue weighted by Crippen LogP contribution is -2.54. The molecule has 27 heavy (non-hydrogen) atoms. The van der Waals surface area contributed by atoms with Crippen molar-refractivity contribution in [2.24, 2.45) is 0 Å². The van der Waals surface area contributed by atoms with Crippen LogP contribution in [0.4, 0.5) is 0 Å². The van der Waals surface area contributed by atoms with Gasteiger partial charge in [-0.3, -0.25) is 14.5 Å². The minimum absolute atomic E-state index is 0.0309. The van der Waals surface area contributed by atoms with Gasteiger partial charge in [0, 0.05) is 23.8 Å². The van der Waals surface area contributed by atoms with E-state index in [0.717, 1.165) is 24.1 Å². The number of para-hydroxylation sites is 1. The van der Waals surface area contributed by atoms with E-state index in [1.165, 1.54) is 0 Å². The molecule has 0 bridgehead atoms. The van der Waals surface area contributed by atoms with E-state index < -0.39 is 5.97 Å². The zero-order valence-electron chi connectivity index (χ0n) is 15.4. The molecule has 7 nitrogen and oxygen atoms in total. The molecule has 1 amide bonds. The fourth-order valence-corrected chi connectivity index (χ4v) is 3.60. The average molecular weight is 391 g/mol. The molecule has 0 unspecified atom stereocenters. The Morgan fingerprint density at radius 2 is 2.07 bits per heavy atom. The molecule has 1 aromatic carbocycles. The molecule has 0 aliphatic heterocycles. The molecule has 1 aliphatic rings. The lowest BCUT2D eigenvalue weighted by molar-refractivity contribution is -0.139. The van der Waals surface area contributed by atoms with Crippen LogP contribution in [-0.2, 0) is 4.79 Å². The van der Waals surface area contributed by atoms with Crippen LogP contribution in [-0.4, -0.2) is 56.8 Å². The van der Waals surface area contributed by atoms with E-state index in [2.05, 4.69) is 10.4 Å². The SMILES string of the molecule is CCN(CC(=O)O)C1CC(NC(=O)c2nn(-c3ccccc3Cl)cc2C)C1. The first-order valence-corrected chi connectivity index (χ1v) is 9.34. The van der Waals surface area contributed by atoms with Crippen molar-refractivity contribution < 1.29 is 14.7 Å². The van der Waals surface area contributed by atoms with Gasteiger partial charge in [-0.15, -0.1) is 0 Å². The Bertz CT molecular complexity index is 845. The monoisotopic (exact) mass is 390 g/mol. The van der Waals surface area contributed by atoms with Gasteiger partial charge in [0.1, 0.15) is 0 Å². The summed E-state index contributed by atoms with van der Waals surface area (Å²) in [5.74, 6) is -1.05. The number of carbonyl (C=O) groups excluding carboxylic acids is 1. The van der Waals surface area contributed by atoms with E-state index in [-0.39, 0.29) is 24.5 Å². The number of hydrogen-bond acceptors (Lipinski definition) is 4. The van der Waals surface area contributed by atoms with Gasteiger partial charge in [-0.25, -0.2) is 4.68 Å². The van der Waals surface area contributed by atoms with Crippen LogP contribution in [0.1, 0.15) is 35.8 Å². The summed E-state index contributed by atoms with van der Waals surface area (Å²) in [4.78, 5) is 25.4. The number of carbonyl (C=O) groups is 2. The number of likely N-dealkylation sites (N-methyl/N-ethyl adjacent to an activating group) is 1. The van der Waals surface area contributed by atoms with Crippen LogP contribution in [0.2, 0.25) is 5.02 Å². The topological polar surface area (TPSA) is 87.5 Å². The zero-order chi connectivity index (χ0) is 19.6. The molecule has 0 saturated heterocycles. The fourth-order valence-electron chi connectivity index (χ4n) is 3.38. The number of nitrogens with zero attached hydrogens (tertiary/aromatic N) is 3. The Morgan fingerprint density at radius 1 is 1.37 bits per heavy atom. The Morgan fingerprint density at radius 3 is 2.70 bits per heavy atom. The van der Waals surface area contributed by atoms with Crippen molar-refractivity contribution in [1.29, 1.82) is 0 Å². The summed E-state index contributed by atoms with van der Waals surface area (Å²) in [6, 6.07) is 7.55. The quantitative estimate of drug-likeness (QED) is 0.758. The standard InChI is InChI=1S/C19H23ClN4O3/c1-3-23(11-17(25)26)14-8-13(9-14)21-19(27)18-12(2)10-24(22-18)16-7-5-4-6-15(16)20/h4-7,10,13-14H,3,8-9,11H2,1-2H3,(H,21,27)(H,25,26). The van der Waals surface area contributed by atoms with Gasteiger partial charge in [-0.2, -0.15) is 5.10 Å². The van der Waals surface area contributed by atoms with E-state index in [0.29, 0.717) is 17.3 Å². The summed E-state index contributed by atoms with van der Waals surface area (Å²) in [5, 5.41) is 16.9. The third kappa shape index (κ3) is 4.31. The van der Waals surface area contributed by atoms with Crippen molar-refractivity contribution in [3.8, 4) is 5.69 Å². The van der Waals surface area contributed by atoms with Gasteiger partial charge < -0.3 is 10.4 Å². The Kier molecular flexibility index (Phi) is 5.82. The Hall–Kier alpha value is -2.38. The number of hydrogen-bond donors (Lipinski definition) is 2. The van der Waals surface area contributed by atoms with Gasteiger partial charge in [0.15, 0.2) is 5.69 Å². The maximum absolute atomic E-state index is 12.6. The number of amides is 1. The summed E-state index contributed by atoms with van der Waals surface area (Å²) < 4.78 is 1.61. The lowest BCUT2D eigenvalue weighted by atomic mass is 9.85. The highest BCUT2D eigenvalue weighted by Gasteiger charge is 2.35. The van der Waals surface area contributed by atoms with Crippen LogP contribution in [0.25, 0.3) is 5.69 Å². The summed E-state index contributed by atoms with van der Waals surface area (Å²) in [7, 11) is 0. The summed E-state index contributed by atoms with van der Waals surface area (Å²) in [6.45, 7) is 4.49. The van der Waals surface area contributed by atoms with Crippen molar-refractivity contribution in [2.45, 2.75) is 38.8 Å². The van der Waals surface area contributed by atoms with Crippen molar-refractivity contribution in [2.75, 3.05) is 13.1 Å². The molecule has 1 aliphatic carbocycles. The number of rotatable bonds is 7. The molecule has 0 spiro atoms. The fraction of sp³-hybridized carbons (Fsp3) is 0.421. The highest BCUT2D eigenvalue weighted by atomic mass is 35.5. The van der Waals surface area contributed by atoms with Crippen molar-refractivity contribution in [1.82, 2.24) is 20.0 Å². The molecular weight excluding hydrogens is 368 g/mol. The lowest BCUT2D eigenvalue weighted by Gasteiger charge is -2.42. The first-order valence-electron chi connectivity index (χ1n) is 8.97. The van der Waals surface area contributed by atoms with Gasteiger partial charge in [-0.1, -0.05) is 30.7 Å². The number of halogens is 1. The maximum Gasteiger partial charge on any atom is 0.317 e. The average Bonchev–Trinajstić information content (AvgIpc) is 2.97.